The van der Waals surface area contributed by atoms with Crippen LogP contribution in [-0.4, -0.2) is 7.11 Å². The molecule has 2 aromatic carbocycles. The van der Waals surface area contributed by atoms with E-state index in [0.29, 0.717) is 5.76 Å². The number of allylic oxidation sites excluding steroid dienone is 1. The Hall–Kier alpha value is -2.28. The van der Waals surface area contributed by atoms with Crippen LogP contribution in [0.3, 0.4) is 0 Å². The predicted molar refractivity (Wildman–Crippen MR) is 82.6 cm³/mol. The molecule has 0 aliphatic rings. The van der Waals surface area contributed by atoms with E-state index >= 15 is 0 Å². The van der Waals surface area contributed by atoms with E-state index in [4.69, 9.17) is 4.74 Å². The van der Waals surface area contributed by atoms with Crippen molar-refractivity contribution in [1.82, 2.24) is 0 Å². The van der Waals surface area contributed by atoms with Crippen LogP contribution in [0.4, 0.5) is 0 Å². The van der Waals surface area contributed by atoms with Crippen LogP contribution in [0.2, 0.25) is 0 Å². The molecule has 19 heavy (non-hydrogen) atoms. The second-order valence-electron chi connectivity index (χ2n) is 4.33. The highest BCUT2D eigenvalue weighted by Gasteiger charge is 2.02. The molecule has 0 aliphatic heterocycles. The minimum atomic E-state index is 0.687. The zero-order valence-electron chi connectivity index (χ0n) is 11.4. The first-order valence-corrected chi connectivity index (χ1v) is 6.31. The van der Waals surface area contributed by atoms with Gasteiger partial charge in [0.25, 0.3) is 0 Å². The number of hydrogen-bond acceptors (Lipinski definition) is 1. The minimum Gasteiger partial charge on any atom is -0.497 e. The first kappa shape index (κ1) is 13.2. The van der Waals surface area contributed by atoms with Crippen LogP contribution in [0.5, 0.6) is 0 Å². The van der Waals surface area contributed by atoms with E-state index in [1.54, 1.807) is 7.11 Å². The van der Waals surface area contributed by atoms with E-state index in [-0.39, 0.29) is 0 Å². The van der Waals surface area contributed by atoms with E-state index in [1.807, 2.05) is 25.1 Å². The Labute approximate surface area is 114 Å². The van der Waals surface area contributed by atoms with Crippen LogP contribution in [0, 0.1) is 0 Å². The zero-order valence-corrected chi connectivity index (χ0v) is 11.4. The fourth-order valence-electron chi connectivity index (χ4n) is 2.00. The SMILES string of the molecule is C=C(OC)c1cccc(-c2cccc(/C=C/C)c2)c1. The third kappa shape index (κ3) is 3.14. The van der Waals surface area contributed by atoms with Gasteiger partial charge in [0.05, 0.1) is 7.11 Å². The highest BCUT2D eigenvalue weighted by atomic mass is 16.5. The summed E-state index contributed by atoms with van der Waals surface area (Å²) in [5.74, 6) is 0.687. The molecule has 0 aromatic heterocycles. The van der Waals surface area contributed by atoms with E-state index in [1.165, 1.54) is 16.7 Å². The topological polar surface area (TPSA) is 9.23 Å². The molecule has 0 radical (unpaired) electrons. The normalized spacial score (nSPS) is 10.6. The Morgan fingerprint density at radius 3 is 2.42 bits per heavy atom. The van der Waals surface area contributed by atoms with E-state index in [9.17, 15) is 0 Å². The maximum absolute atomic E-state index is 5.18. The van der Waals surface area contributed by atoms with Crippen LogP contribution in [-0.2, 0) is 4.74 Å². The van der Waals surface area contributed by atoms with Crippen molar-refractivity contribution in [3.05, 3.63) is 72.3 Å². The molecular weight excluding hydrogens is 232 g/mol. The monoisotopic (exact) mass is 250 g/mol. The summed E-state index contributed by atoms with van der Waals surface area (Å²) in [6, 6.07) is 16.7. The lowest BCUT2D eigenvalue weighted by Crippen LogP contribution is -1.86. The van der Waals surface area contributed by atoms with Gasteiger partial charge in [-0.1, -0.05) is 55.1 Å². The molecule has 0 spiro atoms. The van der Waals surface area contributed by atoms with Crippen molar-refractivity contribution in [3.8, 4) is 11.1 Å². The summed E-state index contributed by atoms with van der Waals surface area (Å²) in [7, 11) is 1.64. The van der Waals surface area contributed by atoms with Crippen molar-refractivity contribution in [2.45, 2.75) is 6.92 Å². The van der Waals surface area contributed by atoms with Gasteiger partial charge in [0.2, 0.25) is 0 Å². The average Bonchev–Trinajstić information content (AvgIpc) is 2.47. The second kappa shape index (κ2) is 6.05. The quantitative estimate of drug-likeness (QED) is 0.693. The molecule has 2 aromatic rings. The molecule has 0 fully saturated rings. The minimum absolute atomic E-state index is 0.687. The highest BCUT2D eigenvalue weighted by molar-refractivity contribution is 5.71. The number of ether oxygens (including phenoxy) is 1. The first-order valence-electron chi connectivity index (χ1n) is 6.31. The molecule has 1 heteroatoms. The molecule has 0 saturated carbocycles. The third-order valence-corrected chi connectivity index (χ3v) is 3.01. The van der Waals surface area contributed by atoms with E-state index < -0.39 is 0 Å². The largest absolute Gasteiger partial charge is 0.497 e. The Kier molecular flexibility index (Phi) is 4.19. The Morgan fingerprint density at radius 2 is 1.74 bits per heavy atom. The summed E-state index contributed by atoms with van der Waals surface area (Å²) in [6.07, 6.45) is 4.14. The lowest BCUT2D eigenvalue weighted by atomic mass is 10.0. The third-order valence-electron chi connectivity index (χ3n) is 3.01. The molecule has 0 bridgehead atoms. The number of rotatable bonds is 4. The molecule has 0 amide bonds. The van der Waals surface area contributed by atoms with E-state index in [2.05, 4.69) is 49.1 Å². The van der Waals surface area contributed by atoms with Crippen molar-refractivity contribution in [2.24, 2.45) is 0 Å². The lowest BCUT2D eigenvalue weighted by molar-refractivity contribution is 0.371. The summed E-state index contributed by atoms with van der Waals surface area (Å²) in [6.45, 7) is 5.92. The van der Waals surface area contributed by atoms with Gasteiger partial charge in [-0.15, -0.1) is 0 Å². The molecule has 0 atom stereocenters. The van der Waals surface area contributed by atoms with E-state index in [0.717, 1.165) is 5.56 Å². The summed E-state index contributed by atoms with van der Waals surface area (Å²) in [4.78, 5) is 0. The van der Waals surface area contributed by atoms with Gasteiger partial charge >= 0.3 is 0 Å². The molecule has 0 heterocycles. The maximum atomic E-state index is 5.18. The summed E-state index contributed by atoms with van der Waals surface area (Å²) in [5, 5.41) is 0. The summed E-state index contributed by atoms with van der Waals surface area (Å²) < 4.78 is 5.18. The van der Waals surface area contributed by atoms with Gasteiger partial charge in [-0.2, -0.15) is 0 Å². The smallest absolute Gasteiger partial charge is 0.118 e. The highest BCUT2D eigenvalue weighted by Crippen LogP contribution is 2.24. The fourth-order valence-corrected chi connectivity index (χ4v) is 2.00. The van der Waals surface area contributed by atoms with Gasteiger partial charge in [0.1, 0.15) is 5.76 Å². The van der Waals surface area contributed by atoms with Crippen molar-refractivity contribution >= 4 is 11.8 Å². The number of methoxy groups -OCH3 is 1. The maximum Gasteiger partial charge on any atom is 0.118 e. The van der Waals surface area contributed by atoms with Gasteiger partial charge < -0.3 is 4.74 Å². The molecular formula is C18H18O. The van der Waals surface area contributed by atoms with Crippen molar-refractivity contribution < 1.29 is 4.74 Å². The van der Waals surface area contributed by atoms with Crippen molar-refractivity contribution in [1.29, 1.82) is 0 Å². The van der Waals surface area contributed by atoms with Crippen LogP contribution in [0.25, 0.3) is 23.0 Å². The summed E-state index contributed by atoms with van der Waals surface area (Å²) in [5.41, 5.74) is 4.58. The van der Waals surface area contributed by atoms with Crippen molar-refractivity contribution in [3.63, 3.8) is 0 Å². The van der Waals surface area contributed by atoms with Gasteiger partial charge in [-0.3, -0.25) is 0 Å². The molecule has 2 rings (SSSR count). The molecule has 0 saturated heterocycles. The van der Waals surface area contributed by atoms with Crippen LogP contribution in [0.15, 0.2) is 61.2 Å². The number of hydrogen-bond donors (Lipinski definition) is 0. The summed E-state index contributed by atoms with van der Waals surface area (Å²) >= 11 is 0. The first-order chi connectivity index (χ1) is 9.24. The molecule has 96 valence electrons. The van der Waals surface area contributed by atoms with Crippen LogP contribution in [0.1, 0.15) is 18.1 Å². The Bertz CT molecular complexity index is 609. The Morgan fingerprint density at radius 1 is 1.05 bits per heavy atom. The average molecular weight is 250 g/mol. The van der Waals surface area contributed by atoms with Gasteiger partial charge in [0, 0.05) is 5.56 Å². The number of benzene rings is 2. The van der Waals surface area contributed by atoms with Gasteiger partial charge in [-0.25, -0.2) is 0 Å². The van der Waals surface area contributed by atoms with Crippen LogP contribution >= 0.6 is 0 Å². The van der Waals surface area contributed by atoms with Gasteiger partial charge in [-0.05, 0) is 35.7 Å². The predicted octanol–water partition coefficient (Wildman–Crippen LogP) is 5.00. The van der Waals surface area contributed by atoms with Gasteiger partial charge in [0.15, 0.2) is 0 Å². The molecule has 0 aliphatic carbocycles. The molecule has 0 N–H and O–H groups in total. The van der Waals surface area contributed by atoms with Crippen molar-refractivity contribution in [2.75, 3.05) is 7.11 Å². The zero-order chi connectivity index (χ0) is 13.7. The molecule has 0 unspecified atom stereocenters. The van der Waals surface area contributed by atoms with Crippen LogP contribution < -0.4 is 0 Å². The standard InChI is InChI=1S/C18H18O/c1-4-7-15-8-5-10-17(12-15)18-11-6-9-16(13-18)14(2)19-3/h4-13H,2H2,1,3H3/b7-4+. The lowest BCUT2D eigenvalue weighted by Gasteiger charge is -2.08. The second-order valence-corrected chi connectivity index (χ2v) is 4.33. The molecule has 1 nitrogen and oxygen atoms in total. The Balaban J connectivity index is 2.41. The fraction of sp³-hybridized carbons (Fsp3) is 0.111.